The lowest BCUT2D eigenvalue weighted by Crippen LogP contribution is -2.43. The summed E-state index contributed by atoms with van der Waals surface area (Å²) in [5.41, 5.74) is 7.67. The molecule has 2 rings (SSSR count). The average molecular weight is 273 g/mol. The van der Waals surface area contributed by atoms with E-state index < -0.39 is 0 Å². The SMILES string of the molecule is Cc1ccc(C(=O)N=C(N)N(C)C2CCCCC2)cc1. The van der Waals surface area contributed by atoms with Gasteiger partial charge in [0.2, 0.25) is 0 Å². The van der Waals surface area contributed by atoms with E-state index in [1.165, 1.54) is 19.3 Å². The van der Waals surface area contributed by atoms with Gasteiger partial charge in [0.25, 0.3) is 5.91 Å². The van der Waals surface area contributed by atoms with E-state index in [1.54, 1.807) is 12.1 Å². The molecule has 1 aromatic rings. The number of carbonyl (C=O) groups excluding carboxylic acids is 1. The molecule has 1 aliphatic carbocycles. The zero-order valence-corrected chi connectivity index (χ0v) is 12.3. The van der Waals surface area contributed by atoms with Crippen LogP contribution in [0.15, 0.2) is 29.3 Å². The fraction of sp³-hybridized carbons (Fsp3) is 0.500. The van der Waals surface area contributed by atoms with E-state index >= 15 is 0 Å². The Hall–Kier alpha value is -1.84. The number of nitrogens with zero attached hydrogens (tertiary/aromatic N) is 2. The monoisotopic (exact) mass is 273 g/mol. The van der Waals surface area contributed by atoms with Crippen molar-refractivity contribution >= 4 is 11.9 Å². The number of hydrogen-bond donors (Lipinski definition) is 1. The maximum absolute atomic E-state index is 12.1. The Morgan fingerprint density at radius 3 is 2.40 bits per heavy atom. The molecule has 2 N–H and O–H groups in total. The number of hydrogen-bond acceptors (Lipinski definition) is 1. The molecular formula is C16H23N3O. The number of nitrogens with two attached hydrogens (primary N) is 1. The minimum atomic E-state index is -0.273. The molecule has 0 saturated heterocycles. The van der Waals surface area contributed by atoms with Gasteiger partial charge in [0.05, 0.1) is 0 Å². The molecule has 0 unspecified atom stereocenters. The lowest BCUT2D eigenvalue weighted by Gasteiger charge is -2.31. The number of carbonyl (C=O) groups is 1. The zero-order chi connectivity index (χ0) is 14.5. The minimum Gasteiger partial charge on any atom is -0.369 e. The second kappa shape index (κ2) is 6.55. The summed E-state index contributed by atoms with van der Waals surface area (Å²) in [6, 6.07) is 7.80. The summed E-state index contributed by atoms with van der Waals surface area (Å²) in [6.45, 7) is 1.99. The van der Waals surface area contributed by atoms with Gasteiger partial charge in [-0.1, -0.05) is 37.0 Å². The number of guanidine groups is 1. The van der Waals surface area contributed by atoms with E-state index in [1.807, 2.05) is 31.0 Å². The van der Waals surface area contributed by atoms with Crippen molar-refractivity contribution in [3.63, 3.8) is 0 Å². The molecular weight excluding hydrogens is 250 g/mol. The highest BCUT2D eigenvalue weighted by molar-refractivity contribution is 6.02. The van der Waals surface area contributed by atoms with Crippen LogP contribution >= 0.6 is 0 Å². The Morgan fingerprint density at radius 1 is 1.20 bits per heavy atom. The molecule has 4 heteroatoms. The Labute approximate surface area is 120 Å². The van der Waals surface area contributed by atoms with E-state index in [0.717, 1.165) is 18.4 Å². The molecule has 0 heterocycles. The summed E-state index contributed by atoms with van der Waals surface area (Å²) >= 11 is 0. The van der Waals surface area contributed by atoms with Crippen molar-refractivity contribution in [3.8, 4) is 0 Å². The van der Waals surface area contributed by atoms with Crippen molar-refractivity contribution in [2.75, 3.05) is 7.05 Å². The van der Waals surface area contributed by atoms with Gasteiger partial charge in [-0.25, -0.2) is 0 Å². The average Bonchev–Trinajstić information content (AvgIpc) is 2.48. The normalized spacial score (nSPS) is 17.0. The lowest BCUT2D eigenvalue weighted by molar-refractivity contribution is 0.100. The highest BCUT2D eigenvalue weighted by Gasteiger charge is 2.20. The molecule has 4 nitrogen and oxygen atoms in total. The molecule has 0 bridgehead atoms. The molecule has 1 aliphatic rings. The first kappa shape index (κ1) is 14.6. The minimum absolute atomic E-state index is 0.273. The first-order chi connectivity index (χ1) is 9.58. The fourth-order valence-electron chi connectivity index (χ4n) is 2.60. The highest BCUT2D eigenvalue weighted by atomic mass is 16.1. The van der Waals surface area contributed by atoms with Crippen LogP contribution in [0.4, 0.5) is 0 Å². The van der Waals surface area contributed by atoms with Crippen LogP contribution < -0.4 is 5.73 Å². The summed E-state index contributed by atoms with van der Waals surface area (Å²) in [4.78, 5) is 18.0. The third kappa shape index (κ3) is 3.59. The predicted molar refractivity (Wildman–Crippen MR) is 81.8 cm³/mol. The molecule has 1 saturated carbocycles. The van der Waals surface area contributed by atoms with Crippen LogP contribution in [0.2, 0.25) is 0 Å². The second-order valence-corrected chi connectivity index (χ2v) is 5.54. The van der Waals surface area contributed by atoms with Crippen LogP contribution in [0.25, 0.3) is 0 Å². The number of aryl methyl sites for hydroxylation is 1. The Kier molecular flexibility index (Phi) is 4.77. The molecule has 1 fully saturated rings. The van der Waals surface area contributed by atoms with Crippen LogP contribution in [-0.2, 0) is 0 Å². The summed E-state index contributed by atoms with van der Waals surface area (Å²) in [7, 11) is 1.93. The van der Waals surface area contributed by atoms with E-state index in [-0.39, 0.29) is 5.91 Å². The van der Waals surface area contributed by atoms with Crippen molar-refractivity contribution in [1.29, 1.82) is 0 Å². The van der Waals surface area contributed by atoms with Gasteiger partial charge >= 0.3 is 0 Å². The van der Waals surface area contributed by atoms with Crippen LogP contribution in [0, 0.1) is 6.92 Å². The molecule has 0 atom stereocenters. The number of rotatable bonds is 2. The van der Waals surface area contributed by atoms with Gasteiger partial charge in [-0.2, -0.15) is 4.99 Å². The van der Waals surface area contributed by atoms with Crippen LogP contribution in [0.1, 0.15) is 48.0 Å². The van der Waals surface area contributed by atoms with Gasteiger partial charge in [-0.3, -0.25) is 4.79 Å². The Balaban J connectivity index is 2.04. The number of amides is 1. The van der Waals surface area contributed by atoms with Crippen molar-refractivity contribution in [2.45, 2.75) is 45.1 Å². The quantitative estimate of drug-likeness (QED) is 0.666. The molecule has 0 aromatic heterocycles. The molecule has 0 radical (unpaired) electrons. The van der Waals surface area contributed by atoms with Crippen LogP contribution in [0.5, 0.6) is 0 Å². The summed E-state index contributed by atoms with van der Waals surface area (Å²) in [5.74, 6) is 0.0487. The molecule has 1 amide bonds. The van der Waals surface area contributed by atoms with E-state index in [4.69, 9.17) is 5.73 Å². The van der Waals surface area contributed by atoms with E-state index in [0.29, 0.717) is 17.6 Å². The first-order valence-electron chi connectivity index (χ1n) is 7.26. The maximum atomic E-state index is 12.1. The van der Waals surface area contributed by atoms with E-state index in [2.05, 4.69) is 4.99 Å². The molecule has 20 heavy (non-hydrogen) atoms. The van der Waals surface area contributed by atoms with Gasteiger partial charge in [0, 0.05) is 18.7 Å². The largest absolute Gasteiger partial charge is 0.369 e. The summed E-state index contributed by atoms with van der Waals surface area (Å²) in [5, 5.41) is 0. The lowest BCUT2D eigenvalue weighted by atomic mass is 9.95. The second-order valence-electron chi connectivity index (χ2n) is 5.54. The third-order valence-electron chi connectivity index (χ3n) is 4.00. The molecule has 108 valence electrons. The Morgan fingerprint density at radius 2 is 1.80 bits per heavy atom. The highest BCUT2D eigenvalue weighted by Crippen LogP contribution is 2.21. The topological polar surface area (TPSA) is 58.7 Å². The fourth-order valence-corrected chi connectivity index (χ4v) is 2.60. The summed E-state index contributed by atoms with van der Waals surface area (Å²) in [6.07, 6.45) is 6.02. The number of aliphatic imine (C=N–C) groups is 1. The third-order valence-corrected chi connectivity index (χ3v) is 4.00. The van der Waals surface area contributed by atoms with Gasteiger partial charge in [-0.15, -0.1) is 0 Å². The molecule has 1 aromatic carbocycles. The van der Waals surface area contributed by atoms with Gasteiger partial charge in [0.15, 0.2) is 5.96 Å². The van der Waals surface area contributed by atoms with Gasteiger partial charge in [-0.05, 0) is 31.9 Å². The first-order valence-corrected chi connectivity index (χ1v) is 7.26. The van der Waals surface area contributed by atoms with Crippen molar-refractivity contribution in [1.82, 2.24) is 4.90 Å². The number of benzene rings is 1. The predicted octanol–water partition coefficient (Wildman–Crippen LogP) is 2.71. The maximum Gasteiger partial charge on any atom is 0.280 e. The van der Waals surface area contributed by atoms with Gasteiger partial charge in [0.1, 0.15) is 0 Å². The standard InChI is InChI=1S/C16H23N3O/c1-12-8-10-13(11-9-12)15(20)18-16(17)19(2)14-6-4-3-5-7-14/h8-11,14H,3-7H2,1-2H3,(H2,17,18,20). The molecule has 0 spiro atoms. The smallest absolute Gasteiger partial charge is 0.280 e. The zero-order valence-electron chi connectivity index (χ0n) is 12.3. The van der Waals surface area contributed by atoms with Crippen molar-refractivity contribution < 1.29 is 4.79 Å². The molecule has 0 aliphatic heterocycles. The Bertz CT molecular complexity index is 487. The van der Waals surface area contributed by atoms with E-state index in [9.17, 15) is 4.79 Å². The van der Waals surface area contributed by atoms with Crippen molar-refractivity contribution in [3.05, 3.63) is 35.4 Å². The van der Waals surface area contributed by atoms with Crippen LogP contribution in [-0.4, -0.2) is 29.9 Å². The van der Waals surface area contributed by atoms with Crippen LogP contribution in [0.3, 0.4) is 0 Å². The van der Waals surface area contributed by atoms with Crippen molar-refractivity contribution in [2.24, 2.45) is 10.7 Å². The summed E-state index contributed by atoms with van der Waals surface area (Å²) < 4.78 is 0. The van der Waals surface area contributed by atoms with Gasteiger partial charge < -0.3 is 10.6 Å².